The molecule has 0 aliphatic carbocycles. The molecule has 1 aromatic carbocycles. The number of rotatable bonds is 6. The van der Waals surface area contributed by atoms with Crippen LogP contribution in [0, 0.1) is 0 Å². The van der Waals surface area contributed by atoms with Crippen LogP contribution in [0.15, 0.2) is 54.9 Å². The van der Waals surface area contributed by atoms with Gasteiger partial charge < -0.3 is 15.4 Å². The first-order valence-electron chi connectivity index (χ1n) is 8.60. The number of benzene rings is 1. The number of thiocarbonyl (C=S) groups is 1. The lowest BCUT2D eigenvalue weighted by atomic mass is 10.1. The highest BCUT2D eigenvalue weighted by molar-refractivity contribution is 7.80. The lowest BCUT2D eigenvalue weighted by molar-refractivity contribution is 0.0169. The van der Waals surface area contributed by atoms with Crippen molar-refractivity contribution in [2.75, 3.05) is 32.8 Å². The van der Waals surface area contributed by atoms with Crippen LogP contribution in [0.3, 0.4) is 0 Å². The third kappa shape index (κ3) is 5.49. The minimum atomic E-state index is 0.231. The summed E-state index contributed by atoms with van der Waals surface area (Å²) >= 11 is 5.44. The monoisotopic (exact) mass is 356 g/mol. The van der Waals surface area contributed by atoms with Crippen molar-refractivity contribution in [1.29, 1.82) is 0 Å². The molecule has 0 spiro atoms. The molecule has 0 unspecified atom stereocenters. The van der Waals surface area contributed by atoms with Crippen LogP contribution in [0.4, 0.5) is 0 Å². The SMILES string of the molecule is S=C(NCc1ccccc1)NC[C@H](c1cccnc1)N1CCOCC1. The van der Waals surface area contributed by atoms with E-state index in [1.165, 1.54) is 11.1 Å². The Labute approximate surface area is 154 Å². The van der Waals surface area contributed by atoms with Gasteiger partial charge in [0.05, 0.1) is 19.3 Å². The van der Waals surface area contributed by atoms with Crippen LogP contribution in [0.1, 0.15) is 17.2 Å². The van der Waals surface area contributed by atoms with Crippen molar-refractivity contribution in [2.24, 2.45) is 0 Å². The fourth-order valence-electron chi connectivity index (χ4n) is 2.95. The molecule has 6 heteroatoms. The molecule has 1 fully saturated rings. The molecule has 2 heterocycles. The first-order valence-corrected chi connectivity index (χ1v) is 9.01. The van der Waals surface area contributed by atoms with E-state index in [1.54, 1.807) is 6.20 Å². The topological polar surface area (TPSA) is 49.4 Å². The van der Waals surface area contributed by atoms with Gasteiger partial charge in [-0.15, -0.1) is 0 Å². The van der Waals surface area contributed by atoms with Crippen molar-refractivity contribution in [2.45, 2.75) is 12.6 Å². The molecule has 1 atom stereocenters. The number of ether oxygens (including phenoxy) is 1. The number of nitrogens with zero attached hydrogens (tertiary/aromatic N) is 2. The zero-order valence-electron chi connectivity index (χ0n) is 14.2. The van der Waals surface area contributed by atoms with E-state index >= 15 is 0 Å². The van der Waals surface area contributed by atoms with E-state index in [9.17, 15) is 0 Å². The van der Waals surface area contributed by atoms with Crippen molar-refractivity contribution < 1.29 is 4.74 Å². The molecule has 0 amide bonds. The maximum Gasteiger partial charge on any atom is 0.166 e. The summed E-state index contributed by atoms with van der Waals surface area (Å²) in [6.07, 6.45) is 3.74. The molecule has 0 saturated carbocycles. The van der Waals surface area contributed by atoms with Gasteiger partial charge in [0.2, 0.25) is 0 Å². The van der Waals surface area contributed by atoms with Gasteiger partial charge in [-0.3, -0.25) is 9.88 Å². The van der Waals surface area contributed by atoms with E-state index in [0.717, 1.165) is 39.4 Å². The molecule has 2 aromatic rings. The summed E-state index contributed by atoms with van der Waals surface area (Å²) in [5, 5.41) is 7.30. The molecular weight excluding hydrogens is 332 g/mol. The van der Waals surface area contributed by atoms with Gasteiger partial charge in [0.15, 0.2) is 5.11 Å². The third-order valence-corrected chi connectivity index (χ3v) is 4.60. The Morgan fingerprint density at radius 2 is 1.92 bits per heavy atom. The molecule has 2 N–H and O–H groups in total. The summed E-state index contributed by atoms with van der Waals surface area (Å²) in [5.74, 6) is 0. The van der Waals surface area contributed by atoms with Crippen LogP contribution in [-0.4, -0.2) is 47.8 Å². The summed E-state index contributed by atoms with van der Waals surface area (Å²) < 4.78 is 5.48. The second-order valence-corrected chi connectivity index (χ2v) is 6.41. The average Bonchev–Trinajstić information content (AvgIpc) is 2.69. The molecule has 0 bridgehead atoms. The smallest absolute Gasteiger partial charge is 0.166 e. The van der Waals surface area contributed by atoms with E-state index in [-0.39, 0.29) is 6.04 Å². The first-order chi connectivity index (χ1) is 12.3. The van der Waals surface area contributed by atoms with E-state index in [4.69, 9.17) is 17.0 Å². The van der Waals surface area contributed by atoms with Crippen molar-refractivity contribution in [1.82, 2.24) is 20.5 Å². The van der Waals surface area contributed by atoms with E-state index in [0.29, 0.717) is 5.11 Å². The van der Waals surface area contributed by atoms with Crippen molar-refractivity contribution >= 4 is 17.3 Å². The quantitative estimate of drug-likeness (QED) is 0.774. The molecule has 0 radical (unpaired) electrons. The highest BCUT2D eigenvalue weighted by Crippen LogP contribution is 2.20. The number of pyridine rings is 1. The zero-order valence-corrected chi connectivity index (χ0v) is 15.0. The van der Waals surface area contributed by atoms with Crippen LogP contribution in [0.2, 0.25) is 0 Å². The molecule has 25 heavy (non-hydrogen) atoms. The van der Waals surface area contributed by atoms with Crippen molar-refractivity contribution in [3.8, 4) is 0 Å². The van der Waals surface area contributed by atoms with Gasteiger partial charge in [-0.25, -0.2) is 0 Å². The van der Waals surface area contributed by atoms with E-state index < -0.39 is 0 Å². The largest absolute Gasteiger partial charge is 0.379 e. The normalized spacial score (nSPS) is 16.2. The summed E-state index contributed by atoms with van der Waals surface area (Å²) in [4.78, 5) is 6.69. The fourth-order valence-corrected chi connectivity index (χ4v) is 3.11. The zero-order chi connectivity index (χ0) is 17.3. The average molecular weight is 356 g/mol. The van der Waals surface area contributed by atoms with Crippen LogP contribution in [0.5, 0.6) is 0 Å². The maximum absolute atomic E-state index is 5.48. The lowest BCUT2D eigenvalue weighted by Gasteiger charge is -2.35. The minimum absolute atomic E-state index is 0.231. The summed E-state index contributed by atoms with van der Waals surface area (Å²) in [6.45, 7) is 4.85. The standard InChI is InChI=1S/C19H24N4OS/c25-19(21-13-16-5-2-1-3-6-16)22-15-18(17-7-4-8-20-14-17)23-9-11-24-12-10-23/h1-8,14,18H,9-13,15H2,(H2,21,22,25)/t18-/m1/s1. The van der Waals surface area contributed by atoms with Crippen molar-refractivity contribution in [3.05, 3.63) is 66.0 Å². The number of morpholine rings is 1. The van der Waals surface area contributed by atoms with Gasteiger partial charge >= 0.3 is 0 Å². The number of nitrogens with one attached hydrogen (secondary N) is 2. The second kappa shape index (κ2) is 9.46. The highest BCUT2D eigenvalue weighted by Gasteiger charge is 2.22. The molecule has 1 saturated heterocycles. The third-order valence-electron chi connectivity index (χ3n) is 4.31. The highest BCUT2D eigenvalue weighted by atomic mass is 32.1. The summed E-state index contributed by atoms with van der Waals surface area (Å²) in [5.41, 5.74) is 2.41. The Balaban J connectivity index is 1.55. The van der Waals surface area contributed by atoms with Gasteiger partial charge in [-0.2, -0.15) is 0 Å². The number of hydrogen-bond donors (Lipinski definition) is 2. The van der Waals surface area contributed by atoms with Gasteiger partial charge in [-0.05, 0) is 29.4 Å². The predicted octanol–water partition coefficient (Wildman–Crippen LogP) is 2.12. The molecule has 3 rings (SSSR count). The molecule has 5 nitrogen and oxygen atoms in total. The second-order valence-electron chi connectivity index (χ2n) is 6.00. The Morgan fingerprint density at radius 3 is 2.64 bits per heavy atom. The van der Waals surface area contributed by atoms with Gasteiger partial charge in [0, 0.05) is 38.6 Å². The Kier molecular flexibility index (Phi) is 6.73. The first kappa shape index (κ1) is 17.8. The molecular formula is C19H24N4OS. The lowest BCUT2D eigenvalue weighted by Crippen LogP contribution is -2.45. The van der Waals surface area contributed by atoms with Gasteiger partial charge in [-0.1, -0.05) is 36.4 Å². The van der Waals surface area contributed by atoms with Crippen molar-refractivity contribution in [3.63, 3.8) is 0 Å². The fraction of sp³-hybridized carbons (Fsp3) is 0.368. The predicted molar refractivity (Wildman–Crippen MR) is 103 cm³/mol. The van der Waals surface area contributed by atoms with Gasteiger partial charge in [0.25, 0.3) is 0 Å². The Hall–Kier alpha value is -2.02. The van der Waals surface area contributed by atoms with Gasteiger partial charge in [0.1, 0.15) is 0 Å². The molecule has 1 aliphatic heterocycles. The summed E-state index contributed by atoms with van der Waals surface area (Å²) in [6, 6.07) is 14.6. The van der Waals surface area contributed by atoms with E-state index in [2.05, 4.69) is 38.7 Å². The molecule has 132 valence electrons. The van der Waals surface area contributed by atoms with E-state index in [1.807, 2.05) is 30.5 Å². The van der Waals surface area contributed by atoms with Crippen LogP contribution in [0.25, 0.3) is 0 Å². The van der Waals surface area contributed by atoms with Crippen LogP contribution < -0.4 is 10.6 Å². The van der Waals surface area contributed by atoms with Crippen LogP contribution in [-0.2, 0) is 11.3 Å². The maximum atomic E-state index is 5.48. The summed E-state index contributed by atoms with van der Waals surface area (Å²) in [7, 11) is 0. The minimum Gasteiger partial charge on any atom is -0.379 e. The molecule has 1 aliphatic rings. The number of hydrogen-bond acceptors (Lipinski definition) is 4. The van der Waals surface area contributed by atoms with Crippen LogP contribution >= 0.6 is 12.2 Å². The Bertz CT molecular complexity index is 647. The number of aromatic nitrogens is 1. The Morgan fingerprint density at radius 1 is 1.12 bits per heavy atom. The molecule has 1 aromatic heterocycles.